The number of aromatic nitrogens is 2. The first kappa shape index (κ1) is 15.5. The number of likely N-dealkylation sites (tertiary alicyclic amines) is 1. The van der Waals surface area contributed by atoms with Crippen molar-refractivity contribution in [2.24, 2.45) is 5.92 Å². The zero-order valence-electron chi connectivity index (χ0n) is 13.9. The van der Waals surface area contributed by atoms with Gasteiger partial charge in [-0.3, -0.25) is 10.00 Å². The number of ether oxygens (including phenoxy) is 2. The molecule has 2 aliphatic heterocycles. The van der Waals surface area contributed by atoms with E-state index in [0.29, 0.717) is 19.1 Å². The number of nitrogens with zero attached hydrogens (tertiary/aromatic N) is 2. The van der Waals surface area contributed by atoms with E-state index in [1.165, 1.54) is 0 Å². The molecule has 0 saturated carbocycles. The third-order valence-electron chi connectivity index (χ3n) is 4.93. The van der Waals surface area contributed by atoms with Crippen LogP contribution in [0, 0.1) is 5.92 Å². The average Bonchev–Trinajstić information content (AvgIpc) is 3.24. The van der Waals surface area contributed by atoms with Crippen molar-refractivity contribution in [2.75, 3.05) is 26.3 Å². The molecule has 24 heavy (non-hydrogen) atoms. The molecule has 0 radical (unpaired) electrons. The maximum atomic E-state index is 9.77. The number of aliphatic hydroxyl groups excluding tert-OH is 1. The van der Waals surface area contributed by atoms with Gasteiger partial charge in [-0.05, 0) is 44.0 Å². The molecular weight excluding hydrogens is 306 g/mol. The number of hydrogen-bond donors (Lipinski definition) is 2. The van der Waals surface area contributed by atoms with Crippen LogP contribution in [-0.4, -0.2) is 52.6 Å². The van der Waals surface area contributed by atoms with Gasteiger partial charge in [0.15, 0.2) is 11.5 Å². The number of benzene rings is 1. The Kier molecular flexibility index (Phi) is 4.16. The second-order valence-electron chi connectivity index (χ2n) is 6.65. The normalized spacial score (nSPS) is 21.8. The zero-order chi connectivity index (χ0) is 16.5. The van der Waals surface area contributed by atoms with Crippen molar-refractivity contribution < 1.29 is 14.6 Å². The number of aliphatic hydroxyl groups is 1. The van der Waals surface area contributed by atoms with Crippen molar-refractivity contribution in [3.8, 4) is 22.8 Å². The molecule has 0 spiro atoms. The summed E-state index contributed by atoms with van der Waals surface area (Å²) in [5, 5.41) is 17.1. The van der Waals surface area contributed by atoms with Crippen LogP contribution in [0.3, 0.4) is 0 Å². The van der Waals surface area contributed by atoms with Gasteiger partial charge in [0.1, 0.15) is 13.2 Å². The van der Waals surface area contributed by atoms with E-state index in [4.69, 9.17) is 9.47 Å². The lowest BCUT2D eigenvalue weighted by Crippen LogP contribution is -2.24. The van der Waals surface area contributed by atoms with Crippen molar-refractivity contribution in [3.05, 3.63) is 30.0 Å². The Hall–Kier alpha value is -2.05. The van der Waals surface area contributed by atoms with Crippen LogP contribution in [0.15, 0.2) is 24.4 Å². The van der Waals surface area contributed by atoms with Gasteiger partial charge in [-0.2, -0.15) is 5.10 Å². The van der Waals surface area contributed by atoms with Crippen LogP contribution in [0.2, 0.25) is 0 Å². The van der Waals surface area contributed by atoms with Gasteiger partial charge in [0.2, 0.25) is 0 Å². The highest BCUT2D eigenvalue weighted by atomic mass is 16.6. The lowest BCUT2D eigenvalue weighted by Gasteiger charge is -2.19. The van der Waals surface area contributed by atoms with E-state index in [1.54, 1.807) is 0 Å². The van der Waals surface area contributed by atoms with Crippen LogP contribution in [0.25, 0.3) is 11.3 Å². The molecule has 0 bridgehead atoms. The molecule has 3 heterocycles. The fourth-order valence-corrected chi connectivity index (χ4v) is 3.52. The molecular formula is C18H23N3O3. The summed E-state index contributed by atoms with van der Waals surface area (Å²) in [6.45, 7) is 5.85. The Balaban J connectivity index is 1.53. The average molecular weight is 329 g/mol. The van der Waals surface area contributed by atoms with Gasteiger partial charge in [0.05, 0.1) is 18.0 Å². The van der Waals surface area contributed by atoms with E-state index in [1.807, 2.05) is 31.3 Å². The number of hydrogen-bond acceptors (Lipinski definition) is 5. The Morgan fingerprint density at radius 1 is 1.33 bits per heavy atom. The van der Waals surface area contributed by atoms with Gasteiger partial charge in [-0.25, -0.2) is 0 Å². The summed E-state index contributed by atoms with van der Waals surface area (Å²) < 4.78 is 11.3. The molecule has 2 aromatic rings. The topological polar surface area (TPSA) is 70.6 Å². The molecule has 1 fully saturated rings. The van der Waals surface area contributed by atoms with Gasteiger partial charge >= 0.3 is 0 Å². The third-order valence-corrected chi connectivity index (χ3v) is 4.93. The highest BCUT2D eigenvalue weighted by molar-refractivity contribution is 5.66. The minimum absolute atomic E-state index is 0.239. The first-order valence-electron chi connectivity index (χ1n) is 8.53. The molecule has 1 aromatic carbocycles. The fraction of sp³-hybridized carbons (Fsp3) is 0.500. The van der Waals surface area contributed by atoms with Crippen molar-refractivity contribution in [3.63, 3.8) is 0 Å². The van der Waals surface area contributed by atoms with E-state index in [0.717, 1.165) is 54.4 Å². The zero-order valence-corrected chi connectivity index (χ0v) is 13.9. The smallest absolute Gasteiger partial charge is 0.162 e. The van der Waals surface area contributed by atoms with E-state index in [2.05, 4.69) is 15.1 Å². The van der Waals surface area contributed by atoms with Crippen molar-refractivity contribution in [1.29, 1.82) is 0 Å². The van der Waals surface area contributed by atoms with Gasteiger partial charge < -0.3 is 14.6 Å². The predicted molar refractivity (Wildman–Crippen MR) is 90.1 cm³/mol. The standard InChI is InChI=1S/C18H23N3O3/c1-12(22)14-4-5-21(10-14)11-15-9-19-20-18(15)13-2-3-16-17(8-13)24-7-6-23-16/h2-3,8-9,12,14,22H,4-7,10-11H2,1H3,(H,19,20). The highest BCUT2D eigenvalue weighted by Crippen LogP contribution is 2.35. The second kappa shape index (κ2) is 6.45. The van der Waals surface area contributed by atoms with E-state index in [-0.39, 0.29) is 6.10 Å². The van der Waals surface area contributed by atoms with Crippen LogP contribution < -0.4 is 9.47 Å². The number of nitrogens with one attached hydrogen (secondary N) is 1. The van der Waals surface area contributed by atoms with Gasteiger partial charge in [0.25, 0.3) is 0 Å². The fourth-order valence-electron chi connectivity index (χ4n) is 3.52. The van der Waals surface area contributed by atoms with Gasteiger partial charge in [0, 0.05) is 24.2 Å². The summed E-state index contributed by atoms with van der Waals surface area (Å²) in [4.78, 5) is 2.38. The van der Waals surface area contributed by atoms with Crippen LogP contribution in [-0.2, 0) is 6.54 Å². The van der Waals surface area contributed by atoms with Gasteiger partial charge in [-0.1, -0.05) is 0 Å². The molecule has 6 heteroatoms. The predicted octanol–water partition coefficient (Wildman–Crippen LogP) is 2.05. The molecule has 2 unspecified atom stereocenters. The molecule has 2 N–H and O–H groups in total. The largest absolute Gasteiger partial charge is 0.486 e. The summed E-state index contributed by atoms with van der Waals surface area (Å²) in [5.41, 5.74) is 3.24. The number of H-pyrrole nitrogens is 1. The van der Waals surface area contributed by atoms with Crippen LogP contribution >= 0.6 is 0 Å². The lowest BCUT2D eigenvalue weighted by molar-refractivity contribution is 0.127. The van der Waals surface area contributed by atoms with Crippen LogP contribution in [0.4, 0.5) is 0 Å². The number of rotatable bonds is 4. The van der Waals surface area contributed by atoms with Crippen LogP contribution in [0.5, 0.6) is 11.5 Å². The third kappa shape index (κ3) is 2.99. The summed E-state index contributed by atoms with van der Waals surface area (Å²) in [7, 11) is 0. The molecule has 2 aliphatic rings. The minimum atomic E-state index is -0.239. The van der Waals surface area contributed by atoms with Crippen molar-refractivity contribution >= 4 is 0 Å². The monoisotopic (exact) mass is 329 g/mol. The highest BCUT2D eigenvalue weighted by Gasteiger charge is 2.26. The SMILES string of the molecule is CC(O)C1CCN(Cc2cn[nH]c2-c2ccc3c(c2)OCCO3)C1. The molecule has 2 atom stereocenters. The quantitative estimate of drug-likeness (QED) is 0.898. The number of fused-ring (bicyclic) bond motifs is 1. The Morgan fingerprint density at radius 2 is 2.17 bits per heavy atom. The molecule has 6 nitrogen and oxygen atoms in total. The summed E-state index contributed by atoms with van der Waals surface area (Å²) in [6.07, 6.45) is 2.70. The Morgan fingerprint density at radius 3 is 2.96 bits per heavy atom. The second-order valence-corrected chi connectivity index (χ2v) is 6.65. The molecule has 1 saturated heterocycles. The summed E-state index contributed by atoms with van der Waals surface area (Å²) >= 11 is 0. The van der Waals surface area contributed by atoms with Gasteiger partial charge in [-0.15, -0.1) is 0 Å². The Bertz CT molecular complexity index is 713. The van der Waals surface area contributed by atoms with E-state index < -0.39 is 0 Å². The van der Waals surface area contributed by atoms with E-state index >= 15 is 0 Å². The first-order chi connectivity index (χ1) is 11.7. The minimum Gasteiger partial charge on any atom is -0.486 e. The van der Waals surface area contributed by atoms with E-state index in [9.17, 15) is 5.11 Å². The molecule has 0 aliphatic carbocycles. The van der Waals surface area contributed by atoms with Crippen LogP contribution in [0.1, 0.15) is 18.9 Å². The first-order valence-corrected chi connectivity index (χ1v) is 8.53. The molecule has 128 valence electrons. The number of aromatic amines is 1. The van der Waals surface area contributed by atoms with Crippen molar-refractivity contribution in [1.82, 2.24) is 15.1 Å². The maximum Gasteiger partial charge on any atom is 0.162 e. The molecule has 0 amide bonds. The Labute approximate surface area is 141 Å². The van der Waals surface area contributed by atoms with Crippen molar-refractivity contribution in [2.45, 2.75) is 26.0 Å². The molecule has 1 aromatic heterocycles. The molecule has 4 rings (SSSR count). The maximum absolute atomic E-state index is 9.77. The lowest BCUT2D eigenvalue weighted by atomic mass is 10.0. The summed E-state index contributed by atoms with van der Waals surface area (Å²) in [6, 6.07) is 6.00. The summed E-state index contributed by atoms with van der Waals surface area (Å²) in [5.74, 6) is 1.95.